The average Bonchev–Trinajstić information content (AvgIpc) is 2.59. The second kappa shape index (κ2) is 5.08. The number of hydrogen-bond donors (Lipinski definition) is 1. The fourth-order valence-corrected chi connectivity index (χ4v) is 1.85. The van der Waals surface area contributed by atoms with Crippen LogP contribution in [0.25, 0.3) is 0 Å². The van der Waals surface area contributed by atoms with Crippen LogP contribution in [0.15, 0.2) is 12.1 Å². The van der Waals surface area contributed by atoms with Crippen molar-refractivity contribution in [2.75, 3.05) is 6.61 Å². The van der Waals surface area contributed by atoms with Crippen molar-refractivity contribution in [2.24, 2.45) is 0 Å². The zero-order chi connectivity index (χ0) is 11.0. The highest BCUT2D eigenvalue weighted by Gasteiger charge is 2.29. The molecule has 1 atom stereocenters. The van der Waals surface area contributed by atoms with Crippen molar-refractivity contribution in [1.82, 2.24) is 5.32 Å². The van der Waals surface area contributed by atoms with Gasteiger partial charge in [-0.25, -0.2) is 9.18 Å². The summed E-state index contributed by atoms with van der Waals surface area (Å²) < 4.78 is 18.1. The molecule has 88 valence electrons. The molecule has 0 radical (unpaired) electrons. The van der Waals surface area contributed by atoms with E-state index in [0.29, 0.717) is 0 Å². The van der Waals surface area contributed by atoms with Crippen LogP contribution in [0, 0.1) is 5.82 Å². The van der Waals surface area contributed by atoms with Gasteiger partial charge in [-0.3, -0.25) is 0 Å². The maximum Gasteiger partial charge on any atom is 0.407 e. The van der Waals surface area contributed by atoms with Crippen LogP contribution in [-0.4, -0.2) is 12.7 Å². The van der Waals surface area contributed by atoms with Crippen molar-refractivity contribution in [2.45, 2.75) is 6.04 Å². The topological polar surface area (TPSA) is 38.3 Å². The van der Waals surface area contributed by atoms with Crippen LogP contribution in [0.1, 0.15) is 11.6 Å². The Morgan fingerprint density at radius 1 is 1.44 bits per heavy atom. The summed E-state index contributed by atoms with van der Waals surface area (Å²) in [6.07, 6.45) is -0.588. The van der Waals surface area contributed by atoms with Crippen LogP contribution in [0.3, 0.4) is 0 Å². The van der Waals surface area contributed by atoms with Crippen LogP contribution >= 0.6 is 35.6 Å². The standard InChI is InChI=1S/C9H6Cl2FNO2.ClH/c10-4-1-2-5(12)7(8(4)11)6-3-15-9(14)13-6;/h1-2,6H,3H2,(H,13,14);1H/t6-;/m0./s1. The molecule has 1 aromatic carbocycles. The van der Waals surface area contributed by atoms with Crippen LogP contribution in [0.4, 0.5) is 9.18 Å². The predicted molar refractivity (Wildman–Crippen MR) is 60.9 cm³/mol. The number of benzene rings is 1. The second-order valence-electron chi connectivity index (χ2n) is 3.05. The summed E-state index contributed by atoms with van der Waals surface area (Å²) >= 11 is 11.6. The van der Waals surface area contributed by atoms with Crippen molar-refractivity contribution in [3.05, 3.63) is 33.6 Å². The molecule has 0 bridgehead atoms. The summed E-state index contributed by atoms with van der Waals surface area (Å²) in [6.45, 7) is 0.0514. The maximum absolute atomic E-state index is 13.5. The van der Waals surface area contributed by atoms with Crippen LogP contribution in [0.2, 0.25) is 10.0 Å². The lowest BCUT2D eigenvalue weighted by Crippen LogP contribution is -2.19. The van der Waals surface area contributed by atoms with E-state index in [9.17, 15) is 9.18 Å². The number of carbonyl (C=O) groups is 1. The van der Waals surface area contributed by atoms with E-state index in [2.05, 4.69) is 10.1 Å². The Morgan fingerprint density at radius 3 is 2.69 bits per heavy atom. The number of halogens is 4. The molecule has 0 unspecified atom stereocenters. The van der Waals surface area contributed by atoms with Crippen molar-refractivity contribution >= 4 is 41.7 Å². The third kappa shape index (κ3) is 2.34. The van der Waals surface area contributed by atoms with Gasteiger partial charge in [-0.1, -0.05) is 23.2 Å². The molecule has 3 nitrogen and oxygen atoms in total. The lowest BCUT2D eigenvalue weighted by molar-refractivity contribution is 0.177. The average molecular weight is 287 g/mol. The first-order chi connectivity index (χ1) is 7.09. The number of ether oxygens (including phenoxy) is 1. The predicted octanol–water partition coefficient (Wildman–Crippen LogP) is 3.34. The quantitative estimate of drug-likeness (QED) is 0.804. The molecule has 2 rings (SSSR count). The lowest BCUT2D eigenvalue weighted by atomic mass is 10.1. The smallest absolute Gasteiger partial charge is 0.407 e. The number of carbonyl (C=O) groups excluding carboxylic acids is 1. The Balaban J connectivity index is 0.00000128. The molecule has 1 aliphatic heterocycles. The summed E-state index contributed by atoms with van der Waals surface area (Å²) in [5.74, 6) is -0.514. The fraction of sp³-hybridized carbons (Fsp3) is 0.222. The van der Waals surface area contributed by atoms with E-state index in [-0.39, 0.29) is 34.6 Å². The van der Waals surface area contributed by atoms with Crippen LogP contribution in [0.5, 0.6) is 0 Å². The van der Waals surface area contributed by atoms with E-state index < -0.39 is 18.0 Å². The van der Waals surface area contributed by atoms with E-state index >= 15 is 0 Å². The Morgan fingerprint density at radius 2 is 2.12 bits per heavy atom. The van der Waals surface area contributed by atoms with Gasteiger partial charge in [0.05, 0.1) is 16.1 Å². The van der Waals surface area contributed by atoms with Gasteiger partial charge in [0.2, 0.25) is 0 Å². The maximum atomic E-state index is 13.5. The van der Waals surface area contributed by atoms with Gasteiger partial charge < -0.3 is 10.1 Å². The number of alkyl carbamates (subject to hydrolysis) is 1. The van der Waals surface area contributed by atoms with Crippen molar-refractivity contribution in [1.29, 1.82) is 0 Å². The Hall–Kier alpha value is -0.710. The monoisotopic (exact) mass is 285 g/mol. The van der Waals surface area contributed by atoms with Gasteiger partial charge in [0.1, 0.15) is 12.4 Å². The van der Waals surface area contributed by atoms with E-state index in [1.165, 1.54) is 12.1 Å². The van der Waals surface area contributed by atoms with E-state index in [1.807, 2.05) is 0 Å². The first kappa shape index (κ1) is 13.4. The largest absolute Gasteiger partial charge is 0.447 e. The Kier molecular flexibility index (Phi) is 4.24. The molecule has 1 aliphatic rings. The molecule has 7 heteroatoms. The highest BCUT2D eigenvalue weighted by molar-refractivity contribution is 6.42. The van der Waals surface area contributed by atoms with Crippen molar-refractivity contribution in [3.8, 4) is 0 Å². The SMILES string of the molecule is Cl.O=C1N[C@H](c2c(F)ccc(Cl)c2Cl)CO1. The Labute approximate surface area is 107 Å². The van der Waals surface area contributed by atoms with Gasteiger partial charge in [-0.2, -0.15) is 0 Å². The van der Waals surface area contributed by atoms with Crippen LogP contribution in [-0.2, 0) is 4.74 Å². The summed E-state index contributed by atoms with van der Waals surface area (Å²) in [7, 11) is 0. The zero-order valence-corrected chi connectivity index (χ0v) is 10.1. The molecule has 0 saturated carbocycles. The van der Waals surface area contributed by atoms with Gasteiger partial charge in [0.15, 0.2) is 0 Å². The number of cyclic esters (lactones) is 1. The minimum absolute atomic E-state index is 0. The molecule has 1 N–H and O–H groups in total. The molecular formula is C9H7Cl3FNO2. The minimum atomic E-state index is -0.588. The third-order valence-electron chi connectivity index (χ3n) is 2.10. The molecular weight excluding hydrogens is 279 g/mol. The van der Waals surface area contributed by atoms with Gasteiger partial charge in [0.25, 0.3) is 0 Å². The third-order valence-corrected chi connectivity index (χ3v) is 2.92. The molecule has 1 fully saturated rings. The number of amides is 1. The van der Waals surface area contributed by atoms with Gasteiger partial charge in [-0.05, 0) is 12.1 Å². The van der Waals surface area contributed by atoms with E-state index in [0.717, 1.165) is 0 Å². The second-order valence-corrected chi connectivity index (χ2v) is 3.84. The Bertz CT molecular complexity index is 427. The van der Waals surface area contributed by atoms with Gasteiger partial charge >= 0.3 is 6.09 Å². The molecule has 0 spiro atoms. The summed E-state index contributed by atoms with van der Waals surface area (Å²) in [5, 5.41) is 2.78. The number of hydrogen-bond acceptors (Lipinski definition) is 2. The summed E-state index contributed by atoms with van der Waals surface area (Å²) in [4.78, 5) is 10.8. The lowest BCUT2D eigenvalue weighted by Gasteiger charge is -2.11. The fourth-order valence-electron chi connectivity index (χ4n) is 1.40. The first-order valence-corrected chi connectivity index (χ1v) is 4.92. The molecule has 1 amide bonds. The molecule has 0 aromatic heterocycles. The van der Waals surface area contributed by atoms with Crippen LogP contribution < -0.4 is 5.32 Å². The molecule has 1 heterocycles. The van der Waals surface area contributed by atoms with E-state index in [1.54, 1.807) is 0 Å². The summed E-state index contributed by atoms with van der Waals surface area (Å²) in [5.41, 5.74) is 0.162. The molecule has 1 aromatic rings. The summed E-state index contributed by atoms with van der Waals surface area (Å²) in [6, 6.07) is 1.98. The normalized spacial score (nSPS) is 18.7. The highest BCUT2D eigenvalue weighted by Crippen LogP contribution is 2.33. The zero-order valence-electron chi connectivity index (χ0n) is 7.80. The van der Waals surface area contributed by atoms with Gasteiger partial charge in [0, 0.05) is 5.56 Å². The number of rotatable bonds is 1. The first-order valence-electron chi connectivity index (χ1n) is 4.16. The molecule has 16 heavy (non-hydrogen) atoms. The minimum Gasteiger partial charge on any atom is -0.447 e. The van der Waals surface area contributed by atoms with Gasteiger partial charge in [-0.15, -0.1) is 12.4 Å². The van der Waals surface area contributed by atoms with Crippen molar-refractivity contribution < 1.29 is 13.9 Å². The van der Waals surface area contributed by atoms with Crippen molar-refractivity contribution in [3.63, 3.8) is 0 Å². The molecule has 1 saturated heterocycles. The number of nitrogens with one attached hydrogen (secondary N) is 1. The highest BCUT2D eigenvalue weighted by atomic mass is 35.5. The molecule has 0 aliphatic carbocycles. The van der Waals surface area contributed by atoms with E-state index in [4.69, 9.17) is 23.2 Å².